The molecule has 1 rings (SSSR count). The van der Waals surface area contributed by atoms with Gasteiger partial charge in [-0.3, -0.25) is 10.1 Å². The van der Waals surface area contributed by atoms with Gasteiger partial charge in [-0.1, -0.05) is 25.1 Å². The number of nitro groups is 1. The molecule has 6 nitrogen and oxygen atoms in total. The molecule has 0 aliphatic heterocycles. The number of aliphatic hydroxyl groups excluding tert-OH is 1. The second-order valence-electron chi connectivity index (χ2n) is 4.10. The lowest BCUT2D eigenvalue weighted by Gasteiger charge is -2.22. The van der Waals surface area contributed by atoms with Crippen molar-refractivity contribution < 1.29 is 22.8 Å². The highest BCUT2D eigenvalue weighted by molar-refractivity contribution is 7.92. The van der Waals surface area contributed by atoms with Gasteiger partial charge in [-0.2, -0.15) is 4.39 Å². The first-order chi connectivity index (χ1) is 8.78. The number of rotatable bonds is 6. The predicted molar refractivity (Wildman–Crippen MR) is 65.3 cm³/mol. The number of aliphatic hydroxyl groups is 1. The summed E-state index contributed by atoms with van der Waals surface area (Å²) in [4.78, 5) is 9.02. The molecule has 0 bridgehead atoms. The Balaban J connectivity index is 3.38. The number of benzene rings is 1. The SMILES string of the molecule is C[C@H](CCO)[C@@](F)([N+](=O)[O-])S(=O)(=O)c1ccccc1. The molecule has 0 saturated carbocycles. The van der Waals surface area contributed by atoms with Crippen LogP contribution in [0.5, 0.6) is 0 Å². The summed E-state index contributed by atoms with van der Waals surface area (Å²) in [6.45, 7) is 0.546. The molecule has 0 saturated heterocycles. The Morgan fingerprint density at radius 1 is 1.42 bits per heavy atom. The van der Waals surface area contributed by atoms with E-state index in [1.165, 1.54) is 18.2 Å². The number of sulfone groups is 1. The largest absolute Gasteiger partial charge is 0.464 e. The van der Waals surface area contributed by atoms with Gasteiger partial charge in [0.15, 0.2) is 0 Å². The van der Waals surface area contributed by atoms with E-state index in [-0.39, 0.29) is 6.42 Å². The summed E-state index contributed by atoms with van der Waals surface area (Å²) in [5, 5.41) is 16.0. The minimum Gasteiger partial charge on any atom is -0.396 e. The molecule has 0 aliphatic carbocycles. The van der Waals surface area contributed by atoms with Gasteiger partial charge in [0.1, 0.15) is 0 Å². The number of hydrogen-bond donors (Lipinski definition) is 1. The highest BCUT2D eigenvalue weighted by Gasteiger charge is 2.61. The van der Waals surface area contributed by atoms with Crippen LogP contribution in [0.2, 0.25) is 0 Å². The van der Waals surface area contributed by atoms with Crippen molar-refractivity contribution in [1.82, 2.24) is 0 Å². The normalized spacial score (nSPS) is 16.6. The van der Waals surface area contributed by atoms with Crippen LogP contribution < -0.4 is 0 Å². The van der Waals surface area contributed by atoms with Crippen LogP contribution in [-0.2, 0) is 9.84 Å². The van der Waals surface area contributed by atoms with Gasteiger partial charge in [0.2, 0.25) is 0 Å². The van der Waals surface area contributed by atoms with Gasteiger partial charge in [0, 0.05) is 6.61 Å². The molecule has 0 amide bonds. The Bertz CT molecular complexity index is 547. The topological polar surface area (TPSA) is 97.5 Å². The summed E-state index contributed by atoms with van der Waals surface area (Å²) in [7, 11) is -4.80. The molecule has 0 fully saturated rings. The lowest BCUT2D eigenvalue weighted by molar-refractivity contribution is -0.584. The number of alkyl halides is 1. The molecule has 0 unspecified atom stereocenters. The van der Waals surface area contributed by atoms with E-state index in [4.69, 9.17) is 5.11 Å². The van der Waals surface area contributed by atoms with Gasteiger partial charge in [0.05, 0.1) is 15.7 Å². The third-order valence-electron chi connectivity index (χ3n) is 2.85. The first-order valence-electron chi connectivity index (χ1n) is 5.52. The monoisotopic (exact) mass is 291 g/mol. The maximum atomic E-state index is 14.6. The quantitative estimate of drug-likeness (QED) is 0.485. The molecule has 0 radical (unpaired) electrons. The van der Waals surface area contributed by atoms with E-state index in [9.17, 15) is 22.9 Å². The van der Waals surface area contributed by atoms with E-state index < -0.39 is 37.3 Å². The fourth-order valence-electron chi connectivity index (χ4n) is 1.68. The van der Waals surface area contributed by atoms with Gasteiger partial charge in [-0.05, 0) is 18.6 Å². The van der Waals surface area contributed by atoms with Gasteiger partial charge in [-0.25, -0.2) is 8.42 Å². The van der Waals surface area contributed by atoms with E-state index >= 15 is 0 Å². The fourth-order valence-corrected chi connectivity index (χ4v) is 3.37. The highest BCUT2D eigenvalue weighted by Crippen LogP contribution is 2.36. The molecule has 1 aromatic rings. The van der Waals surface area contributed by atoms with Crippen molar-refractivity contribution in [2.45, 2.75) is 23.4 Å². The zero-order valence-electron chi connectivity index (χ0n) is 10.2. The summed E-state index contributed by atoms with van der Waals surface area (Å²) < 4.78 is 38.8. The molecular formula is C11H14FNO5S. The molecule has 0 aromatic heterocycles. The van der Waals surface area contributed by atoms with Crippen molar-refractivity contribution >= 4 is 9.84 Å². The van der Waals surface area contributed by atoms with Gasteiger partial charge in [0.25, 0.3) is 9.84 Å². The Morgan fingerprint density at radius 3 is 2.37 bits per heavy atom. The standard InChI is InChI=1S/C11H14FNO5S/c1-9(7-8-14)11(12,13(15)16)19(17,18)10-5-3-2-4-6-10/h2-6,9,14H,7-8H2,1H3/t9-,11-/m1/s1. The molecule has 106 valence electrons. The zero-order chi connectivity index (χ0) is 14.7. The summed E-state index contributed by atoms with van der Waals surface area (Å²) in [6, 6.07) is 6.41. The molecule has 1 aromatic carbocycles. The van der Waals surface area contributed by atoms with E-state index in [1.54, 1.807) is 0 Å². The van der Waals surface area contributed by atoms with Crippen LogP contribution in [0.3, 0.4) is 0 Å². The second kappa shape index (κ2) is 5.62. The molecule has 8 heteroatoms. The molecular weight excluding hydrogens is 277 g/mol. The Morgan fingerprint density at radius 2 is 1.95 bits per heavy atom. The maximum Gasteiger partial charge on any atom is 0.464 e. The Hall–Kier alpha value is -1.54. The molecule has 19 heavy (non-hydrogen) atoms. The van der Waals surface area contributed by atoms with Crippen LogP contribution in [0.4, 0.5) is 4.39 Å². The van der Waals surface area contributed by atoms with Crippen LogP contribution in [0.15, 0.2) is 35.2 Å². The minimum atomic E-state index is -4.80. The smallest absolute Gasteiger partial charge is 0.396 e. The summed E-state index contributed by atoms with van der Waals surface area (Å²) in [5.74, 6) is -1.47. The second-order valence-corrected chi connectivity index (χ2v) is 6.15. The lowest BCUT2D eigenvalue weighted by Crippen LogP contribution is -2.47. The first-order valence-corrected chi connectivity index (χ1v) is 7.00. The molecule has 1 N–H and O–H groups in total. The van der Waals surface area contributed by atoms with Crippen molar-refractivity contribution in [3.8, 4) is 0 Å². The minimum absolute atomic E-state index is 0.330. The van der Waals surface area contributed by atoms with Crippen LogP contribution in [0.1, 0.15) is 13.3 Å². The van der Waals surface area contributed by atoms with E-state index in [2.05, 4.69) is 0 Å². The van der Waals surface area contributed by atoms with Gasteiger partial charge < -0.3 is 5.11 Å². The third-order valence-corrected chi connectivity index (χ3v) is 5.05. The number of hydrogen-bond acceptors (Lipinski definition) is 5. The fraction of sp³-hybridized carbons (Fsp3) is 0.455. The van der Waals surface area contributed by atoms with Gasteiger partial charge >= 0.3 is 5.12 Å². The molecule has 2 atom stereocenters. The summed E-state index contributed by atoms with van der Waals surface area (Å²) in [6.07, 6.45) is -0.330. The van der Waals surface area contributed by atoms with Crippen molar-refractivity contribution in [2.75, 3.05) is 6.61 Å². The average Bonchev–Trinajstić information content (AvgIpc) is 2.38. The number of nitrogens with zero attached hydrogens (tertiary/aromatic N) is 1. The molecule has 0 heterocycles. The number of halogens is 1. The lowest BCUT2D eigenvalue weighted by atomic mass is 10.1. The Labute approximate surface area is 109 Å². The Kier molecular flexibility index (Phi) is 4.59. The van der Waals surface area contributed by atoms with Gasteiger partial charge in [-0.15, -0.1) is 0 Å². The van der Waals surface area contributed by atoms with Crippen molar-refractivity contribution in [3.05, 3.63) is 40.4 Å². The third kappa shape index (κ3) is 2.59. The highest BCUT2D eigenvalue weighted by atomic mass is 32.2. The van der Waals surface area contributed by atoms with Crippen molar-refractivity contribution in [2.24, 2.45) is 5.92 Å². The first kappa shape index (κ1) is 15.5. The molecule has 0 spiro atoms. The maximum absolute atomic E-state index is 14.6. The average molecular weight is 291 g/mol. The van der Waals surface area contributed by atoms with Crippen LogP contribution in [-0.4, -0.2) is 30.2 Å². The van der Waals surface area contributed by atoms with E-state index in [0.717, 1.165) is 19.1 Å². The summed E-state index contributed by atoms with van der Waals surface area (Å²) in [5.41, 5.74) is 0. The zero-order valence-corrected chi connectivity index (χ0v) is 11.0. The van der Waals surface area contributed by atoms with E-state index in [0.29, 0.717) is 0 Å². The predicted octanol–water partition coefficient (Wildman–Crippen LogP) is 1.38. The van der Waals surface area contributed by atoms with Crippen LogP contribution in [0.25, 0.3) is 0 Å². The summed E-state index contributed by atoms with van der Waals surface area (Å²) >= 11 is 0. The van der Waals surface area contributed by atoms with Crippen LogP contribution >= 0.6 is 0 Å². The van der Waals surface area contributed by atoms with Crippen molar-refractivity contribution in [1.29, 1.82) is 0 Å². The van der Waals surface area contributed by atoms with Crippen molar-refractivity contribution in [3.63, 3.8) is 0 Å². The van der Waals surface area contributed by atoms with Crippen LogP contribution in [0, 0.1) is 16.0 Å². The van der Waals surface area contributed by atoms with E-state index in [1.807, 2.05) is 0 Å². The molecule has 0 aliphatic rings.